The van der Waals surface area contributed by atoms with Crippen molar-refractivity contribution in [2.75, 3.05) is 0 Å². The Bertz CT molecular complexity index is 434. The van der Waals surface area contributed by atoms with Gasteiger partial charge in [0.2, 0.25) is 0 Å². The molecule has 0 saturated carbocycles. The Morgan fingerprint density at radius 3 is 2.47 bits per heavy atom. The smallest absolute Gasteiger partial charge is 0.298 e. The van der Waals surface area contributed by atoms with Gasteiger partial charge in [0, 0.05) is 9.37 Å². The van der Waals surface area contributed by atoms with Gasteiger partial charge in [0.05, 0.1) is 4.83 Å². The van der Waals surface area contributed by atoms with Crippen LogP contribution in [0.4, 0.5) is 13.2 Å². The molecule has 0 heterocycles. The molecule has 0 aliphatic heterocycles. The van der Waals surface area contributed by atoms with Crippen molar-refractivity contribution in [2.24, 2.45) is 0 Å². The van der Waals surface area contributed by atoms with E-state index >= 15 is 0 Å². The number of Topliss-reactive ketones (excluding diaryl/α,β-unsaturated/α-hetero) is 1. The van der Waals surface area contributed by atoms with Gasteiger partial charge in [0.25, 0.3) is 0 Å². The molecule has 0 fully saturated rings. The molecule has 0 amide bonds. The highest BCUT2D eigenvalue weighted by Gasteiger charge is 2.31. The lowest BCUT2D eigenvalue weighted by molar-refractivity contribution is -0.116. The second-order valence-corrected chi connectivity index (χ2v) is 6.00. The molecule has 1 aromatic carbocycles. The van der Waals surface area contributed by atoms with Crippen LogP contribution in [0.2, 0.25) is 0 Å². The fourth-order valence-electron chi connectivity index (χ4n) is 1.15. The standard InChI is InChI=1S/C10H7Br2F3OS/c1-5(16)8(11)6-3-2-4-7(9(6)12)17-10(13,14)15/h2-4,8H,1H3. The van der Waals surface area contributed by atoms with Crippen LogP contribution in [0, 0.1) is 0 Å². The largest absolute Gasteiger partial charge is 0.446 e. The molecule has 17 heavy (non-hydrogen) atoms. The highest BCUT2D eigenvalue weighted by molar-refractivity contribution is 9.11. The molecule has 0 aliphatic carbocycles. The van der Waals surface area contributed by atoms with Crippen LogP contribution in [-0.4, -0.2) is 11.3 Å². The second-order valence-electron chi connectivity index (χ2n) is 3.18. The van der Waals surface area contributed by atoms with E-state index in [9.17, 15) is 18.0 Å². The van der Waals surface area contributed by atoms with Crippen molar-refractivity contribution in [3.05, 3.63) is 28.2 Å². The molecule has 1 aromatic rings. The van der Waals surface area contributed by atoms with Crippen LogP contribution in [0.25, 0.3) is 0 Å². The predicted molar refractivity (Wildman–Crippen MR) is 68.4 cm³/mol. The normalized spacial score (nSPS) is 13.5. The molecule has 0 radical (unpaired) electrons. The summed E-state index contributed by atoms with van der Waals surface area (Å²) in [5, 5.41) is 0. The van der Waals surface area contributed by atoms with E-state index in [1.807, 2.05) is 0 Å². The van der Waals surface area contributed by atoms with E-state index in [0.29, 0.717) is 10.0 Å². The molecule has 1 nitrogen and oxygen atoms in total. The number of ketones is 1. The molecule has 1 atom stereocenters. The average Bonchev–Trinajstić information content (AvgIpc) is 2.18. The second kappa shape index (κ2) is 5.75. The van der Waals surface area contributed by atoms with E-state index in [-0.39, 0.29) is 22.4 Å². The number of alkyl halides is 4. The molecule has 1 rings (SSSR count). The number of hydrogen-bond acceptors (Lipinski definition) is 2. The van der Waals surface area contributed by atoms with Gasteiger partial charge in [-0.3, -0.25) is 4.79 Å². The number of carbonyl (C=O) groups excluding carboxylic acids is 1. The van der Waals surface area contributed by atoms with Crippen LogP contribution in [0.15, 0.2) is 27.6 Å². The molecule has 0 N–H and O–H groups in total. The maximum absolute atomic E-state index is 12.3. The first-order valence-electron chi connectivity index (χ1n) is 4.41. The molecule has 0 aliphatic rings. The average molecular weight is 392 g/mol. The predicted octanol–water partition coefficient (Wildman–Crippen LogP) is 5.09. The monoisotopic (exact) mass is 390 g/mol. The zero-order chi connectivity index (χ0) is 13.2. The Hall–Kier alpha value is -0.0100. The first kappa shape index (κ1) is 15.0. The number of hydrogen-bond donors (Lipinski definition) is 0. The van der Waals surface area contributed by atoms with Crippen LogP contribution in [0.1, 0.15) is 17.3 Å². The summed E-state index contributed by atoms with van der Waals surface area (Å²) in [7, 11) is 0. The summed E-state index contributed by atoms with van der Waals surface area (Å²) in [6, 6.07) is 4.45. The van der Waals surface area contributed by atoms with E-state index < -0.39 is 10.3 Å². The van der Waals surface area contributed by atoms with Crippen LogP contribution >= 0.6 is 43.6 Å². The summed E-state index contributed by atoms with van der Waals surface area (Å²) >= 11 is 6.04. The van der Waals surface area contributed by atoms with Gasteiger partial charge in [-0.25, -0.2) is 0 Å². The Morgan fingerprint density at radius 1 is 1.41 bits per heavy atom. The van der Waals surface area contributed by atoms with E-state index in [4.69, 9.17) is 0 Å². The molecule has 94 valence electrons. The molecule has 1 unspecified atom stereocenters. The van der Waals surface area contributed by atoms with Gasteiger partial charge in [-0.15, -0.1) is 0 Å². The molecule has 0 aromatic heterocycles. The van der Waals surface area contributed by atoms with Gasteiger partial charge in [-0.05, 0) is 46.2 Å². The zero-order valence-corrected chi connectivity index (χ0v) is 12.5. The number of thioether (sulfide) groups is 1. The summed E-state index contributed by atoms with van der Waals surface area (Å²) in [5.74, 6) is -0.167. The fourth-order valence-corrected chi connectivity index (χ4v) is 3.17. The summed E-state index contributed by atoms with van der Waals surface area (Å²) in [6.07, 6.45) is 0. The van der Waals surface area contributed by atoms with Gasteiger partial charge >= 0.3 is 5.51 Å². The van der Waals surface area contributed by atoms with Crippen LogP contribution in [-0.2, 0) is 4.79 Å². The van der Waals surface area contributed by atoms with E-state index in [2.05, 4.69) is 31.9 Å². The first-order chi connectivity index (χ1) is 7.72. The van der Waals surface area contributed by atoms with Crippen molar-refractivity contribution in [2.45, 2.75) is 22.2 Å². The minimum Gasteiger partial charge on any atom is -0.298 e. The maximum Gasteiger partial charge on any atom is 0.446 e. The highest BCUT2D eigenvalue weighted by Crippen LogP contribution is 2.43. The minimum atomic E-state index is -4.35. The van der Waals surface area contributed by atoms with E-state index in [1.165, 1.54) is 19.1 Å². The van der Waals surface area contributed by atoms with Crippen LogP contribution in [0.5, 0.6) is 0 Å². The van der Waals surface area contributed by atoms with Crippen molar-refractivity contribution >= 4 is 49.4 Å². The van der Waals surface area contributed by atoms with Gasteiger partial charge < -0.3 is 0 Å². The highest BCUT2D eigenvalue weighted by atomic mass is 79.9. The van der Waals surface area contributed by atoms with Crippen molar-refractivity contribution in [1.82, 2.24) is 0 Å². The Balaban J connectivity index is 3.12. The minimum absolute atomic E-state index is 0.0423. The lowest BCUT2D eigenvalue weighted by atomic mass is 10.1. The number of carbonyl (C=O) groups is 1. The Morgan fingerprint density at radius 2 is 2.00 bits per heavy atom. The first-order valence-corrected chi connectivity index (χ1v) is 6.93. The SMILES string of the molecule is CC(=O)C(Br)c1cccc(SC(F)(F)F)c1Br. The van der Waals surface area contributed by atoms with Gasteiger partial charge in [-0.2, -0.15) is 13.2 Å². The summed E-state index contributed by atoms with van der Waals surface area (Å²) in [4.78, 5) is 10.6. The van der Waals surface area contributed by atoms with Crippen molar-refractivity contribution in [1.29, 1.82) is 0 Å². The molecule has 7 heteroatoms. The molecule has 0 spiro atoms. The lowest BCUT2D eigenvalue weighted by Crippen LogP contribution is -2.04. The topological polar surface area (TPSA) is 17.1 Å². The maximum atomic E-state index is 12.3. The summed E-state index contributed by atoms with van der Waals surface area (Å²) in [6.45, 7) is 1.37. The van der Waals surface area contributed by atoms with Crippen LogP contribution < -0.4 is 0 Å². The lowest BCUT2D eigenvalue weighted by Gasteiger charge is -2.13. The molecule has 0 bridgehead atoms. The third-order valence-electron chi connectivity index (χ3n) is 1.85. The fraction of sp³-hybridized carbons (Fsp3) is 0.300. The molecular weight excluding hydrogens is 385 g/mol. The Kier molecular flexibility index (Phi) is 5.09. The van der Waals surface area contributed by atoms with Crippen molar-refractivity contribution in [3.63, 3.8) is 0 Å². The van der Waals surface area contributed by atoms with Crippen molar-refractivity contribution < 1.29 is 18.0 Å². The van der Waals surface area contributed by atoms with E-state index in [1.54, 1.807) is 6.07 Å². The van der Waals surface area contributed by atoms with Crippen molar-refractivity contribution in [3.8, 4) is 0 Å². The Labute approximate surface area is 117 Å². The zero-order valence-electron chi connectivity index (χ0n) is 8.52. The number of halogens is 5. The molecular formula is C10H7Br2F3OS. The number of rotatable bonds is 3. The third-order valence-corrected chi connectivity index (χ3v) is 4.93. The summed E-state index contributed by atoms with van der Waals surface area (Å²) in [5.41, 5.74) is -3.86. The number of benzene rings is 1. The van der Waals surface area contributed by atoms with Gasteiger partial charge in [-0.1, -0.05) is 28.1 Å². The quantitative estimate of drug-likeness (QED) is 0.527. The van der Waals surface area contributed by atoms with E-state index in [0.717, 1.165) is 0 Å². The third kappa shape index (κ3) is 4.30. The molecule has 0 saturated heterocycles. The van der Waals surface area contributed by atoms with Crippen LogP contribution in [0.3, 0.4) is 0 Å². The van der Waals surface area contributed by atoms with Gasteiger partial charge in [0.15, 0.2) is 0 Å². The van der Waals surface area contributed by atoms with Gasteiger partial charge in [0.1, 0.15) is 5.78 Å². The summed E-state index contributed by atoms with van der Waals surface area (Å²) < 4.78 is 37.1.